The van der Waals surface area contributed by atoms with Gasteiger partial charge in [-0.15, -0.1) is 0 Å². The van der Waals surface area contributed by atoms with Gasteiger partial charge in [0.1, 0.15) is 24.2 Å². The fraction of sp³-hybridized carbons (Fsp3) is 0.289. The van der Waals surface area contributed by atoms with Gasteiger partial charge in [-0.25, -0.2) is 4.98 Å². The SMILES string of the molecule is CC(=O)N[C@@H](Cc1cnc[nH]1)C(=O)N[C@H](Cc1ccc2ccccc2c1)C(=O)N[C@@H](CCCN=C(N)N)C(=O)N[C@@H](Cc1c[nH]c2ccccc12)C(N)=O. The second-order valence-corrected chi connectivity index (χ2v) is 13.0. The fourth-order valence-corrected chi connectivity index (χ4v) is 6.21. The molecule has 5 aromatic rings. The van der Waals surface area contributed by atoms with E-state index < -0.39 is 53.7 Å². The molecule has 5 rings (SSSR count). The fourth-order valence-electron chi connectivity index (χ4n) is 6.21. The maximum Gasteiger partial charge on any atom is 0.243 e. The molecule has 0 bridgehead atoms. The highest BCUT2D eigenvalue weighted by Crippen LogP contribution is 2.20. The molecule has 0 unspecified atom stereocenters. The zero-order chi connectivity index (χ0) is 38.6. The number of nitrogens with zero attached hydrogens (tertiary/aromatic N) is 2. The molecule has 0 spiro atoms. The van der Waals surface area contributed by atoms with E-state index in [1.807, 2.05) is 66.7 Å². The van der Waals surface area contributed by atoms with Crippen LogP contribution in [-0.4, -0.2) is 81.2 Å². The quantitative estimate of drug-likeness (QED) is 0.0348. The van der Waals surface area contributed by atoms with Gasteiger partial charge in [-0.2, -0.15) is 0 Å². The van der Waals surface area contributed by atoms with Crippen LogP contribution in [0.2, 0.25) is 0 Å². The minimum Gasteiger partial charge on any atom is -0.370 e. The van der Waals surface area contributed by atoms with Crippen molar-refractivity contribution in [3.63, 3.8) is 0 Å². The van der Waals surface area contributed by atoms with Gasteiger partial charge < -0.3 is 48.4 Å². The second kappa shape index (κ2) is 18.2. The van der Waals surface area contributed by atoms with Gasteiger partial charge in [-0.05, 0) is 40.8 Å². The Balaban J connectivity index is 1.40. The molecule has 5 amide bonds. The Kier molecular flexibility index (Phi) is 13.0. The number of H-pyrrole nitrogens is 2. The largest absolute Gasteiger partial charge is 0.370 e. The summed E-state index contributed by atoms with van der Waals surface area (Å²) in [6.45, 7) is 1.45. The molecule has 2 aromatic heterocycles. The summed E-state index contributed by atoms with van der Waals surface area (Å²) in [4.78, 5) is 80.7. The third-order valence-electron chi connectivity index (χ3n) is 8.90. The van der Waals surface area contributed by atoms with Gasteiger partial charge in [0.2, 0.25) is 29.5 Å². The van der Waals surface area contributed by atoms with E-state index >= 15 is 0 Å². The van der Waals surface area contributed by atoms with E-state index in [1.54, 1.807) is 6.20 Å². The van der Waals surface area contributed by atoms with Gasteiger partial charge in [-0.3, -0.25) is 29.0 Å². The first kappa shape index (κ1) is 38.5. The van der Waals surface area contributed by atoms with Crippen LogP contribution in [0.3, 0.4) is 0 Å². The first-order valence-corrected chi connectivity index (χ1v) is 17.5. The Labute approximate surface area is 311 Å². The van der Waals surface area contributed by atoms with Gasteiger partial charge in [0, 0.05) is 61.7 Å². The number of hydrogen-bond acceptors (Lipinski definition) is 7. The number of aromatic nitrogens is 3. The molecule has 2 heterocycles. The number of carbonyl (C=O) groups excluding carboxylic acids is 5. The van der Waals surface area contributed by atoms with Crippen LogP contribution in [0.5, 0.6) is 0 Å². The van der Waals surface area contributed by atoms with Gasteiger partial charge in [0.15, 0.2) is 5.96 Å². The summed E-state index contributed by atoms with van der Waals surface area (Å²) in [5.74, 6) is -3.30. The van der Waals surface area contributed by atoms with Gasteiger partial charge in [0.05, 0.1) is 6.33 Å². The van der Waals surface area contributed by atoms with Crippen molar-refractivity contribution in [2.24, 2.45) is 22.2 Å². The predicted molar refractivity (Wildman–Crippen MR) is 204 cm³/mol. The molecular formula is C38H45N11O5. The minimum atomic E-state index is -1.19. The number of carbonyl (C=O) groups is 5. The molecule has 3 aromatic carbocycles. The van der Waals surface area contributed by atoms with Crippen molar-refractivity contribution in [1.29, 1.82) is 0 Å². The van der Waals surface area contributed by atoms with Crippen molar-refractivity contribution in [3.8, 4) is 0 Å². The highest BCUT2D eigenvalue weighted by Gasteiger charge is 2.31. The number of guanidine groups is 1. The number of rotatable bonds is 18. The molecule has 0 aliphatic carbocycles. The number of benzene rings is 3. The number of nitrogens with one attached hydrogen (secondary N) is 6. The lowest BCUT2D eigenvalue weighted by Gasteiger charge is -2.26. The summed E-state index contributed by atoms with van der Waals surface area (Å²) in [6, 6.07) is 16.4. The summed E-state index contributed by atoms with van der Waals surface area (Å²) in [5.41, 5.74) is 19.7. The van der Waals surface area contributed by atoms with Crippen LogP contribution < -0.4 is 38.5 Å². The van der Waals surface area contributed by atoms with Crippen molar-refractivity contribution < 1.29 is 24.0 Å². The second-order valence-electron chi connectivity index (χ2n) is 13.0. The van der Waals surface area contributed by atoms with E-state index in [-0.39, 0.29) is 44.6 Å². The number of imidazole rings is 1. The maximum atomic E-state index is 14.2. The third-order valence-corrected chi connectivity index (χ3v) is 8.90. The standard InChI is InChI=1S/C38H45N11O5/c1-22(50)46-33(18-27-20-42-21-45-27)37(54)49-32(16-23-12-13-24-7-2-3-8-25(24)15-23)36(53)47-30(11-6-14-43-38(40)41)35(52)48-31(34(39)51)17-26-19-44-29-10-5-4-9-28(26)29/h2-5,7-10,12-13,15,19-21,30-33,44H,6,11,14,16-18H2,1H3,(H2,39,51)(H,42,45)(H,46,50)(H,47,53)(H,48,52)(H,49,54)(H4,40,41,43)/t30-,31-,32+,33-/m0/s1. The number of fused-ring (bicyclic) bond motifs is 2. The van der Waals surface area contributed by atoms with Crippen molar-refractivity contribution >= 4 is 57.2 Å². The predicted octanol–water partition coefficient (Wildman–Crippen LogP) is 0.570. The zero-order valence-corrected chi connectivity index (χ0v) is 29.8. The molecular weight excluding hydrogens is 690 g/mol. The maximum absolute atomic E-state index is 14.2. The molecule has 16 heteroatoms. The molecule has 4 atom stereocenters. The van der Waals surface area contributed by atoms with Crippen LogP contribution in [0.1, 0.15) is 36.6 Å². The monoisotopic (exact) mass is 735 g/mol. The molecule has 0 aliphatic rings. The van der Waals surface area contributed by atoms with Gasteiger partial charge in [0.25, 0.3) is 0 Å². The van der Waals surface area contributed by atoms with E-state index in [2.05, 4.69) is 41.2 Å². The van der Waals surface area contributed by atoms with Crippen LogP contribution in [-0.2, 0) is 43.2 Å². The van der Waals surface area contributed by atoms with E-state index in [0.29, 0.717) is 5.69 Å². The molecule has 0 radical (unpaired) electrons. The number of primary amides is 1. The van der Waals surface area contributed by atoms with Gasteiger partial charge >= 0.3 is 0 Å². The molecule has 0 saturated heterocycles. The number of aliphatic imine (C=N–C) groups is 1. The lowest BCUT2D eigenvalue weighted by molar-refractivity contribution is -0.134. The highest BCUT2D eigenvalue weighted by atomic mass is 16.2. The molecule has 0 aliphatic heterocycles. The van der Waals surface area contributed by atoms with Crippen molar-refractivity contribution in [2.45, 2.75) is 63.2 Å². The zero-order valence-electron chi connectivity index (χ0n) is 29.8. The first-order valence-electron chi connectivity index (χ1n) is 17.5. The topological polar surface area (TPSA) is 268 Å². The molecule has 0 saturated carbocycles. The Morgan fingerprint density at radius 3 is 2.11 bits per heavy atom. The molecule has 54 heavy (non-hydrogen) atoms. The first-order chi connectivity index (χ1) is 26.0. The van der Waals surface area contributed by atoms with Crippen LogP contribution in [0.4, 0.5) is 0 Å². The summed E-state index contributed by atoms with van der Waals surface area (Å²) in [5, 5.41) is 13.7. The number of para-hydroxylation sites is 1. The summed E-state index contributed by atoms with van der Waals surface area (Å²) in [7, 11) is 0. The Morgan fingerprint density at radius 2 is 1.41 bits per heavy atom. The normalized spacial score (nSPS) is 13.3. The van der Waals surface area contributed by atoms with Crippen molar-refractivity contribution in [1.82, 2.24) is 36.2 Å². The molecule has 16 nitrogen and oxygen atoms in total. The van der Waals surface area contributed by atoms with Crippen molar-refractivity contribution in [2.75, 3.05) is 6.54 Å². The van der Waals surface area contributed by atoms with E-state index in [0.717, 1.165) is 32.8 Å². The lowest BCUT2D eigenvalue weighted by atomic mass is 9.99. The third kappa shape index (κ3) is 10.7. The van der Waals surface area contributed by atoms with Crippen LogP contribution in [0, 0.1) is 0 Å². The van der Waals surface area contributed by atoms with E-state index in [1.165, 1.54) is 19.4 Å². The number of nitrogens with two attached hydrogens (primary N) is 3. The van der Waals surface area contributed by atoms with Crippen molar-refractivity contribution in [3.05, 3.63) is 102 Å². The summed E-state index contributed by atoms with van der Waals surface area (Å²) < 4.78 is 0. The smallest absolute Gasteiger partial charge is 0.243 e. The Bertz CT molecular complexity index is 2120. The van der Waals surface area contributed by atoms with Crippen LogP contribution in [0.25, 0.3) is 21.7 Å². The molecule has 0 fully saturated rings. The average Bonchev–Trinajstić information content (AvgIpc) is 3.81. The van der Waals surface area contributed by atoms with Crippen LogP contribution >= 0.6 is 0 Å². The van der Waals surface area contributed by atoms with Gasteiger partial charge in [-0.1, -0.05) is 60.7 Å². The minimum absolute atomic E-state index is 0.0477. The number of hydrogen-bond donors (Lipinski definition) is 9. The highest BCUT2D eigenvalue weighted by molar-refractivity contribution is 5.96. The number of amides is 5. The number of aromatic amines is 2. The van der Waals surface area contributed by atoms with E-state index in [9.17, 15) is 24.0 Å². The van der Waals surface area contributed by atoms with Crippen LogP contribution in [0.15, 0.2) is 90.4 Å². The lowest BCUT2D eigenvalue weighted by Crippen LogP contribution is -2.59. The average molecular weight is 736 g/mol. The summed E-state index contributed by atoms with van der Waals surface area (Å²) in [6.07, 6.45) is 5.33. The Morgan fingerprint density at radius 1 is 0.741 bits per heavy atom. The Hall–Kier alpha value is -6.71. The molecule has 12 N–H and O–H groups in total. The molecule has 282 valence electrons. The van der Waals surface area contributed by atoms with E-state index in [4.69, 9.17) is 17.2 Å². The summed E-state index contributed by atoms with van der Waals surface area (Å²) >= 11 is 0.